The molecule has 8 nitrogen and oxygen atoms in total. The molecule has 2 aliphatic rings. The van der Waals surface area contributed by atoms with Crippen LogP contribution in [0.5, 0.6) is 0 Å². The van der Waals surface area contributed by atoms with E-state index in [1.54, 1.807) is 0 Å². The maximum absolute atomic E-state index is 5.96. The third-order valence-corrected chi connectivity index (χ3v) is 25.9. The van der Waals surface area contributed by atoms with E-state index in [1.165, 1.54) is 31.3 Å². The summed E-state index contributed by atoms with van der Waals surface area (Å²) < 4.78 is 2.37. The molecule has 6 N–H and O–H groups in total. The van der Waals surface area contributed by atoms with Crippen LogP contribution in [0.2, 0.25) is 0 Å². The first kappa shape index (κ1) is 68.9. The molecular weight excluding hydrogens is 1420 g/mol. The van der Waals surface area contributed by atoms with Crippen LogP contribution in [-0.4, -0.2) is 39.9 Å². The molecular formula is C106H80N8S. The fourth-order valence-electron chi connectivity index (χ4n) is 18.3. The highest BCUT2D eigenvalue weighted by Crippen LogP contribution is 2.53. The fraction of sp³-hybridized carbons (Fsp3) is 0.0755. The monoisotopic (exact) mass is 1500 g/mol. The zero-order chi connectivity index (χ0) is 77.4. The summed E-state index contributed by atoms with van der Waals surface area (Å²) in [6, 6.07) is 110. The van der Waals surface area contributed by atoms with Gasteiger partial charge in [0.25, 0.3) is 0 Å². The van der Waals surface area contributed by atoms with Gasteiger partial charge in [-0.3, -0.25) is 0 Å². The van der Waals surface area contributed by atoms with Gasteiger partial charge >= 0.3 is 0 Å². The highest BCUT2D eigenvalue weighted by Gasteiger charge is 2.32. The highest BCUT2D eigenvalue weighted by atomic mass is 32.1. The van der Waals surface area contributed by atoms with Crippen LogP contribution < -0.4 is 0 Å². The average molecular weight is 1500 g/mol. The van der Waals surface area contributed by atoms with Crippen molar-refractivity contribution in [3.8, 4) is 66.8 Å². The number of nitrogens with zero attached hydrogens (tertiary/aromatic N) is 2. The molecule has 0 atom stereocenters. The predicted octanol–water partition coefficient (Wildman–Crippen LogP) is 28.2. The van der Waals surface area contributed by atoms with Crippen molar-refractivity contribution in [2.75, 3.05) is 0 Å². The molecule has 2 aliphatic heterocycles. The first-order chi connectivity index (χ1) is 56.4. The van der Waals surface area contributed by atoms with Crippen molar-refractivity contribution < 1.29 is 0 Å². The van der Waals surface area contributed by atoms with E-state index in [0.29, 0.717) is 0 Å². The minimum absolute atomic E-state index is 0.875. The summed E-state index contributed by atoms with van der Waals surface area (Å²) in [6.07, 6.45) is 0. The second-order valence-electron chi connectivity index (χ2n) is 30.9. The third-order valence-electron chi connectivity index (χ3n) is 24.6. The third kappa shape index (κ3) is 11.1. The number of hydrogen-bond donors (Lipinski definition) is 6. The van der Waals surface area contributed by atoms with Crippen molar-refractivity contribution in [3.63, 3.8) is 0 Å². The minimum Gasteiger partial charge on any atom is -0.354 e. The van der Waals surface area contributed by atoms with Gasteiger partial charge in [-0.1, -0.05) is 279 Å². The predicted molar refractivity (Wildman–Crippen MR) is 485 cm³/mol. The van der Waals surface area contributed by atoms with Crippen LogP contribution in [0.25, 0.3) is 175 Å². The van der Waals surface area contributed by atoms with Gasteiger partial charge in [-0.05, 0) is 169 Å². The molecule has 0 saturated carbocycles. The van der Waals surface area contributed by atoms with Gasteiger partial charge in [-0.2, -0.15) is 0 Å². The Kier molecular flexibility index (Phi) is 16.4. The number of H-pyrrole nitrogens is 6. The summed E-state index contributed by atoms with van der Waals surface area (Å²) in [5.41, 5.74) is 46.7. The highest BCUT2D eigenvalue weighted by molar-refractivity contribution is 7.27. The molecule has 0 saturated heterocycles. The molecule has 11 heterocycles. The second kappa shape index (κ2) is 27.4. The lowest BCUT2D eigenvalue weighted by Gasteiger charge is -2.11. The number of aromatic nitrogens is 8. The van der Waals surface area contributed by atoms with Gasteiger partial charge in [-0.25, -0.2) is 9.97 Å². The van der Waals surface area contributed by atoms with Gasteiger partial charge in [-0.15, -0.1) is 11.3 Å². The van der Waals surface area contributed by atoms with Crippen molar-refractivity contribution in [2.24, 2.45) is 0 Å². The van der Waals surface area contributed by atoms with Gasteiger partial charge in [0.1, 0.15) is 0 Å². The summed E-state index contributed by atoms with van der Waals surface area (Å²) in [6.45, 7) is 18.3. The number of rotatable bonds is 10. The van der Waals surface area contributed by atoms with Crippen molar-refractivity contribution in [3.05, 3.63) is 393 Å². The van der Waals surface area contributed by atoms with Gasteiger partial charge in [0.05, 0.1) is 55.9 Å². The maximum Gasteiger partial charge on any atom is 0.0963 e. The van der Waals surface area contributed by atoms with Gasteiger partial charge < -0.3 is 29.9 Å². The Morgan fingerprint density at radius 2 is 0.461 bits per heavy atom. The summed E-state index contributed by atoms with van der Waals surface area (Å²) >= 11 is 1.88. The number of nitrogens with one attached hydrogen (secondary N) is 6. The number of thiophene rings is 1. The molecule has 0 unspecified atom stereocenters. The number of aryl methyl sites for hydroxylation is 8. The van der Waals surface area contributed by atoms with Gasteiger partial charge in [0.2, 0.25) is 0 Å². The number of aromatic amines is 6. The lowest BCUT2D eigenvalue weighted by atomic mass is 9.90. The van der Waals surface area contributed by atoms with E-state index in [1.807, 2.05) is 11.3 Å². The van der Waals surface area contributed by atoms with E-state index in [2.05, 4.69) is 389 Å². The van der Waals surface area contributed by atoms with E-state index in [9.17, 15) is 0 Å². The molecule has 10 aromatic carbocycles. The lowest BCUT2D eigenvalue weighted by Crippen LogP contribution is -1.92. The lowest BCUT2D eigenvalue weighted by molar-refractivity contribution is 1.30. The molecule has 16 bridgehead atoms. The number of benzene rings is 10. The zero-order valence-electron chi connectivity index (χ0n) is 65.2. The van der Waals surface area contributed by atoms with Crippen LogP contribution in [0.4, 0.5) is 0 Å². The topological polar surface area (TPSA) is 121 Å². The molecule has 0 aliphatic carbocycles. The normalized spacial score (nSPS) is 12.5. The number of fused-ring (bicyclic) bond motifs is 21. The van der Waals surface area contributed by atoms with Crippen molar-refractivity contribution in [1.82, 2.24) is 39.9 Å². The molecule has 115 heavy (non-hydrogen) atoms. The van der Waals surface area contributed by atoms with Crippen LogP contribution in [-0.2, 0) is 0 Å². The summed E-state index contributed by atoms with van der Waals surface area (Å²) in [5, 5.41) is 2.37. The van der Waals surface area contributed by atoms with E-state index >= 15 is 0 Å². The van der Waals surface area contributed by atoms with Crippen molar-refractivity contribution in [2.45, 2.75) is 55.4 Å². The van der Waals surface area contributed by atoms with Crippen LogP contribution >= 0.6 is 11.3 Å². The molecule has 0 radical (unpaired) electrons. The van der Waals surface area contributed by atoms with E-state index in [-0.39, 0.29) is 0 Å². The van der Waals surface area contributed by atoms with Crippen LogP contribution in [0.15, 0.2) is 303 Å². The molecule has 0 spiro atoms. The Balaban J connectivity index is 0.875. The SMILES string of the molecule is Cc1c(C)c2[nH]c1cc1nc(c3[nH]c(cc4[nH]c(c(C)c4C)c2-c2cccc4c2sc2c(-c5c6[nH]c(cc7nc(c8[nH]c(cc9[nH]c5c(C)c9C)c(-c5ccccc5)c8-c5ccccc5)C(c5ccccc5)=C7c5ccccc5)c(C)c6C)cccc24)c(-c2ccccc2)c3-c2ccccc2)C(c2ccccc2)=C1c1ccccc1. The van der Waals surface area contributed by atoms with E-state index in [0.717, 1.165) is 234 Å². The number of hydrogen-bond acceptors (Lipinski definition) is 3. The second-order valence-corrected chi connectivity index (χ2v) is 31.9. The Hall–Kier alpha value is -14.1. The van der Waals surface area contributed by atoms with E-state index in [4.69, 9.17) is 9.97 Å². The average Bonchev–Trinajstić information content (AvgIpc) is 1.59. The molecule has 9 heteroatoms. The summed E-state index contributed by atoms with van der Waals surface area (Å²) in [4.78, 5) is 37.1. The quantitative estimate of drug-likeness (QED) is 0.0818. The fourth-order valence-corrected chi connectivity index (χ4v) is 19.6. The Bertz CT molecular complexity index is 7090. The Morgan fingerprint density at radius 1 is 0.209 bits per heavy atom. The molecule has 0 fully saturated rings. The first-order valence-corrected chi connectivity index (χ1v) is 40.5. The van der Waals surface area contributed by atoms with Crippen molar-refractivity contribution in [1.29, 1.82) is 0 Å². The zero-order valence-corrected chi connectivity index (χ0v) is 66.0. The standard InChI is InChI=1S/C106H80N8S/c1-59-63(5)97-95(98-64(6)60(2)80(108-98)56-84-88(68-37-19-10-20-38-68)92(72-45-27-14-28-46-72)102(112-84)101-91(71-43-25-13-26-44-71)87(67-35-17-9-18-36-67)83(111-101)55-79(59)107-97)77-53-33-51-75-76-52-34-54-78(106(76)115-105(75)77)96-99-65(7)61(3)81(109-99)57-85-89(69-39-21-11-22-40-69)93(73-47-29-15-30-48-73)103(113-85)104-94(74-49-31-16-32-50-74)90(70-41-23-12-24-42-70)86(114-104)58-82-62(4)66(8)100(96)110-82/h9-58,107-111,113H,1-8H3. The molecule has 9 aromatic heterocycles. The smallest absolute Gasteiger partial charge is 0.0963 e. The Morgan fingerprint density at radius 3 is 0.757 bits per heavy atom. The van der Waals surface area contributed by atoms with Crippen LogP contribution in [0.3, 0.4) is 0 Å². The van der Waals surface area contributed by atoms with E-state index < -0.39 is 0 Å². The molecule has 19 aromatic rings. The van der Waals surface area contributed by atoms with Crippen LogP contribution in [0, 0.1) is 55.4 Å². The maximum atomic E-state index is 5.96. The van der Waals surface area contributed by atoms with Gasteiger partial charge in [0.15, 0.2) is 0 Å². The molecule has 0 amide bonds. The molecule has 550 valence electrons. The minimum atomic E-state index is 0.875. The summed E-state index contributed by atoms with van der Waals surface area (Å²) in [7, 11) is 0. The van der Waals surface area contributed by atoms with Crippen molar-refractivity contribution >= 4 is 120 Å². The van der Waals surface area contributed by atoms with Crippen LogP contribution in [0.1, 0.15) is 89.5 Å². The Labute approximate surface area is 670 Å². The summed E-state index contributed by atoms with van der Waals surface area (Å²) in [5.74, 6) is 0. The largest absolute Gasteiger partial charge is 0.354 e. The molecule has 21 rings (SSSR count). The van der Waals surface area contributed by atoms with Gasteiger partial charge in [0, 0.05) is 120 Å². The first-order valence-electron chi connectivity index (χ1n) is 39.6.